The predicted molar refractivity (Wildman–Crippen MR) is 62.8 cm³/mol. The Morgan fingerprint density at radius 1 is 1.41 bits per heavy atom. The number of rotatable bonds is 4. The van der Waals surface area contributed by atoms with Gasteiger partial charge in [-0.3, -0.25) is 0 Å². The molecular weight excluding hydrogens is 221 g/mol. The lowest BCUT2D eigenvalue weighted by atomic mass is 10.3. The van der Waals surface area contributed by atoms with E-state index in [0.717, 1.165) is 5.69 Å². The lowest BCUT2D eigenvalue weighted by Crippen LogP contribution is -2.11. The Hall–Kier alpha value is -1.88. The van der Waals surface area contributed by atoms with E-state index in [-0.39, 0.29) is 5.82 Å². The SMILES string of the molecule is Cc1cc(OCCN)nn1-c1cccc(F)c1. The highest BCUT2D eigenvalue weighted by Gasteiger charge is 2.07. The van der Waals surface area contributed by atoms with Crippen molar-refractivity contribution in [2.75, 3.05) is 13.2 Å². The smallest absolute Gasteiger partial charge is 0.233 e. The molecule has 1 heterocycles. The van der Waals surface area contributed by atoms with E-state index in [4.69, 9.17) is 10.5 Å². The number of benzene rings is 1. The maximum atomic E-state index is 13.1. The minimum absolute atomic E-state index is 0.290. The van der Waals surface area contributed by atoms with Gasteiger partial charge in [-0.2, -0.15) is 0 Å². The van der Waals surface area contributed by atoms with Gasteiger partial charge < -0.3 is 10.5 Å². The number of halogens is 1. The molecule has 0 atom stereocenters. The van der Waals surface area contributed by atoms with E-state index in [9.17, 15) is 4.39 Å². The molecule has 90 valence electrons. The second-order valence-electron chi connectivity index (χ2n) is 3.65. The molecule has 0 aliphatic rings. The molecule has 0 amide bonds. The van der Waals surface area contributed by atoms with Crippen LogP contribution in [0.4, 0.5) is 4.39 Å². The molecule has 0 unspecified atom stereocenters. The van der Waals surface area contributed by atoms with Crippen LogP contribution < -0.4 is 10.5 Å². The van der Waals surface area contributed by atoms with E-state index in [1.54, 1.807) is 22.9 Å². The number of aromatic nitrogens is 2. The summed E-state index contributed by atoms with van der Waals surface area (Å²) in [5.41, 5.74) is 6.89. The third-order valence-corrected chi connectivity index (χ3v) is 2.29. The summed E-state index contributed by atoms with van der Waals surface area (Å²) < 4.78 is 20.1. The average molecular weight is 235 g/mol. The summed E-state index contributed by atoms with van der Waals surface area (Å²) in [4.78, 5) is 0. The first-order valence-electron chi connectivity index (χ1n) is 5.36. The van der Waals surface area contributed by atoms with Crippen LogP contribution in [0, 0.1) is 12.7 Å². The maximum absolute atomic E-state index is 13.1. The molecule has 0 aliphatic heterocycles. The summed E-state index contributed by atoms with van der Waals surface area (Å²) in [5.74, 6) is 0.207. The van der Waals surface area contributed by atoms with Crippen molar-refractivity contribution in [1.29, 1.82) is 0 Å². The van der Waals surface area contributed by atoms with E-state index >= 15 is 0 Å². The van der Waals surface area contributed by atoms with Crippen LogP contribution in [0.15, 0.2) is 30.3 Å². The summed E-state index contributed by atoms with van der Waals surface area (Å²) in [7, 11) is 0. The van der Waals surface area contributed by atoms with Gasteiger partial charge >= 0.3 is 0 Å². The summed E-state index contributed by atoms with van der Waals surface area (Å²) in [6, 6.07) is 8.05. The zero-order valence-corrected chi connectivity index (χ0v) is 9.56. The Bertz CT molecular complexity index is 510. The fraction of sp³-hybridized carbons (Fsp3) is 0.250. The molecule has 2 N–H and O–H groups in total. The van der Waals surface area contributed by atoms with Gasteiger partial charge in [0.05, 0.1) is 5.69 Å². The first kappa shape index (κ1) is 11.6. The molecule has 0 bridgehead atoms. The minimum atomic E-state index is -0.290. The second-order valence-corrected chi connectivity index (χ2v) is 3.65. The van der Waals surface area contributed by atoms with Gasteiger partial charge in [-0.25, -0.2) is 9.07 Å². The molecule has 0 aliphatic carbocycles. The topological polar surface area (TPSA) is 53.1 Å². The van der Waals surface area contributed by atoms with Crippen molar-refractivity contribution in [3.63, 3.8) is 0 Å². The Morgan fingerprint density at radius 3 is 2.94 bits per heavy atom. The van der Waals surface area contributed by atoms with Crippen LogP contribution in [0.2, 0.25) is 0 Å². The van der Waals surface area contributed by atoms with Crippen molar-refractivity contribution in [2.45, 2.75) is 6.92 Å². The molecule has 1 aromatic heterocycles. The minimum Gasteiger partial charge on any atom is -0.475 e. The quantitative estimate of drug-likeness (QED) is 0.876. The van der Waals surface area contributed by atoms with Crippen LogP contribution >= 0.6 is 0 Å². The normalized spacial score (nSPS) is 10.5. The number of hydrogen-bond donors (Lipinski definition) is 1. The predicted octanol–water partition coefficient (Wildman–Crippen LogP) is 1.66. The van der Waals surface area contributed by atoms with E-state index < -0.39 is 0 Å². The lowest BCUT2D eigenvalue weighted by molar-refractivity contribution is 0.313. The van der Waals surface area contributed by atoms with Crippen LogP contribution in [0.1, 0.15) is 5.69 Å². The fourth-order valence-corrected chi connectivity index (χ4v) is 1.55. The maximum Gasteiger partial charge on any atom is 0.233 e. The third-order valence-electron chi connectivity index (χ3n) is 2.29. The standard InChI is InChI=1S/C12H14FN3O/c1-9-7-12(17-6-5-14)15-16(9)11-4-2-3-10(13)8-11/h2-4,7-8H,5-6,14H2,1H3. The van der Waals surface area contributed by atoms with Gasteiger partial charge in [0.2, 0.25) is 5.88 Å². The Labute approximate surface area is 98.8 Å². The summed E-state index contributed by atoms with van der Waals surface area (Å²) in [5, 5.41) is 4.23. The Balaban J connectivity index is 2.29. The average Bonchev–Trinajstić information content (AvgIpc) is 2.68. The molecule has 1 aromatic carbocycles. The van der Waals surface area contributed by atoms with E-state index in [0.29, 0.717) is 24.7 Å². The van der Waals surface area contributed by atoms with Crippen molar-refractivity contribution < 1.29 is 9.13 Å². The number of aryl methyl sites for hydroxylation is 1. The fourth-order valence-electron chi connectivity index (χ4n) is 1.55. The molecular formula is C12H14FN3O. The highest BCUT2D eigenvalue weighted by Crippen LogP contribution is 2.17. The molecule has 0 radical (unpaired) electrons. The first-order valence-corrected chi connectivity index (χ1v) is 5.36. The number of nitrogens with two attached hydrogens (primary N) is 1. The molecule has 2 aromatic rings. The van der Waals surface area contributed by atoms with Crippen LogP contribution in [0.25, 0.3) is 5.69 Å². The van der Waals surface area contributed by atoms with Crippen LogP contribution in [0.3, 0.4) is 0 Å². The van der Waals surface area contributed by atoms with Gasteiger partial charge in [-0.15, -0.1) is 5.10 Å². The lowest BCUT2D eigenvalue weighted by Gasteiger charge is -2.03. The van der Waals surface area contributed by atoms with Gasteiger partial charge in [0.1, 0.15) is 12.4 Å². The summed E-state index contributed by atoms with van der Waals surface area (Å²) >= 11 is 0. The van der Waals surface area contributed by atoms with Gasteiger partial charge in [-0.05, 0) is 25.1 Å². The second kappa shape index (κ2) is 4.97. The van der Waals surface area contributed by atoms with Crippen molar-refractivity contribution >= 4 is 0 Å². The van der Waals surface area contributed by atoms with Gasteiger partial charge in [0.15, 0.2) is 0 Å². The van der Waals surface area contributed by atoms with E-state index in [2.05, 4.69) is 5.10 Å². The highest BCUT2D eigenvalue weighted by atomic mass is 19.1. The van der Waals surface area contributed by atoms with Crippen molar-refractivity contribution in [3.05, 3.63) is 41.8 Å². The molecule has 0 fully saturated rings. The summed E-state index contributed by atoms with van der Waals surface area (Å²) in [6.07, 6.45) is 0. The highest BCUT2D eigenvalue weighted by molar-refractivity contribution is 5.34. The Kier molecular flexibility index (Phi) is 3.39. The zero-order chi connectivity index (χ0) is 12.3. The van der Waals surface area contributed by atoms with Crippen molar-refractivity contribution in [2.24, 2.45) is 5.73 Å². The number of ether oxygens (including phenoxy) is 1. The monoisotopic (exact) mass is 235 g/mol. The zero-order valence-electron chi connectivity index (χ0n) is 9.56. The number of nitrogens with zero attached hydrogens (tertiary/aromatic N) is 2. The van der Waals surface area contributed by atoms with Gasteiger partial charge in [-0.1, -0.05) is 6.07 Å². The first-order chi connectivity index (χ1) is 8.20. The van der Waals surface area contributed by atoms with Crippen molar-refractivity contribution in [3.8, 4) is 11.6 Å². The molecule has 5 heteroatoms. The summed E-state index contributed by atoms with van der Waals surface area (Å²) in [6.45, 7) is 2.73. The van der Waals surface area contributed by atoms with Crippen molar-refractivity contribution in [1.82, 2.24) is 9.78 Å². The number of hydrogen-bond acceptors (Lipinski definition) is 3. The van der Waals surface area contributed by atoms with Gasteiger partial charge in [0.25, 0.3) is 0 Å². The molecule has 2 rings (SSSR count). The molecule has 0 saturated carbocycles. The van der Waals surface area contributed by atoms with Crippen LogP contribution in [-0.2, 0) is 0 Å². The Morgan fingerprint density at radius 2 is 2.24 bits per heavy atom. The molecule has 17 heavy (non-hydrogen) atoms. The third kappa shape index (κ3) is 2.62. The van der Waals surface area contributed by atoms with Crippen LogP contribution in [0.5, 0.6) is 5.88 Å². The largest absolute Gasteiger partial charge is 0.475 e. The van der Waals surface area contributed by atoms with Gasteiger partial charge in [0, 0.05) is 18.3 Å². The molecule has 4 nitrogen and oxygen atoms in total. The molecule has 0 saturated heterocycles. The van der Waals surface area contributed by atoms with Crippen LogP contribution in [-0.4, -0.2) is 22.9 Å². The van der Waals surface area contributed by atoms with E-state index in [1.807, 2.05) is 6.92 Å². The van der Waals surface area contributed by atoms with E-state index in [1.165, 1.54) is 12.1 Å². The molecule has 0 spiro atoms.